The molecule has 0 saturated carbocycles. The zero-order valence-electron chi connectivity index (χ0n) is 11.4. The molecule has 0 unspecified atom stereocenters. The average Bonchev–Trinajstić information content (AvgIpc) is 3.00. The molecule has 0 amide bonds. The molecule has 0 aliphatic carbocycles. The summed E-state index contributed by atoms with van der Waals surface area (Å²) in [5.41, 5.74) is 0.266. The highest BCUT2D eigenvalue weighted by Gasteiger charge is 2.48. The SMILES string of the molecule is N#CBN1CN([C@@H]2O[C@H](CO)[C@@H](O)[C@H]2O)c2ncnc(O)c21. The number of hydrogen-bond donors (Lipinski definition) is 4. The first kappa shape index (κ1) is 14.8. The minimum Gasteiger partial charge on any atom is -0.492 e. The van der Waals surface area contributed by atoms with Crippen LogP contribution in [0.4, 0.5) is 11.5 Å². The van der Waals surface area contributed by atoms with E-state index in [1.165, 1.54) is 9.71 Å². The van der Waals surface area contributed by atoms with Crippen molar-refractivity contribution >= 4 is 18.9 Å². The first-order valence-electron chi connectivity index (χ1n) is 6.63. The molecule has 0 bridgehead atoms. The molecule has 3 rings (SSSR count). The number of aliphatic hydroxyl groups is 3. The summed E-state index contributed by atoms with van der Waals surface area (Å²) >= 11 is 0. The molecular weight excluding hydrogens is 293 g/mol. The van der Waals surface area contributed by atoms with Crippen molar-refractivity contribution in [1.29, 1.82) is 5.26 Å². The molecule has 10 nitrogen and oxygen atoms in total. The summed E-state index contributed by atoms with van der Waals surface area (Å²) in [6, 6.07) is 0. The molecule has 1 saturated heterocycles. The molecular formula is C11H14BN5O5. The van der Waals surface area contributed by atoms with Gasteiger partial charge in [-0.15, -0.1) is 0 Å². The Kier molecular flexibility index (Phi) is 3.75. The van der Waals surface area contributed by atoms with Crippen molar-refractivity contribution in [3.05, 3.63) is 6.33 Å². The Morgan fingerprint density at radius 3 is 2.82 bits per heavy atom. The number of rotatable bonds is 3. The summed E-state index contributed by atoms with van der Waals surface area (Å²) in [6.45, 7) is -0.311. The molecule has 1 fully saturated rings. The van der Waals surface area contributed by atoms with Crippen molar-refractivity contribution in [1.82, 2.24) is 9.97 Å². The van der Waals surface area contributed by atoms with Gasteiger partial charge in [0.05, 0.1) is 13.3 Å². The van der Waals surface area contributed by atoms with Gasteiger partial charge in [-0.1, -0.05) is 0 Å². The second-order valence-corrected chi connectivity index (χ2v) is 5.07. The maximum Gasteiger partial charge on any atom is 0.362 e. The normalized spacial score (nSPS) is 30.3. The van der Waals surface area contributed by atoms with E-state index in [-0.39, 0.29) is 31.5 Å². The van der Waals surface area contributed by atoms with Crippen molar-refractivity contribution < 1.29 is 25.2 Å². The quantitative estimate of drug-likeness (QED) is 0.427. The molecule has 22 heavy (non-hydrogen) atoms. The van der Waals surface area contributed by atoms with Gasteiger partial charge in [-0.2, -0.15) is 0 Å². The summed E-state index contributed by atoms with van der Waals surface area (Å²) in [5, 5.41) is 47.9. The number of anilines is 2. The summed E-state index contributed by atoms with van der Waals surface area (Å²) in [6.07, 6.45) is -3.21. The predicted octanol–water partition coefficient (Wildman–Crippen LogP) is -2.96. The van der Waals surface area contributed by atoms with E-state index >= 15 is 0 Å². The van der Waals surface area contributed by atoms with E-state index in [1.54, 1.807) is 0 Å². The molecule has 0 spiro atoms. The molecule has 4 N–H and O–H groups in total. The Morgan fingerprint density at radius 1 is 1.41 bits per heavy atom. The van der Waals surface area contributed by atoms with Crippen LogP contribution in [0.3, 0.4) is 0 Å². The van der Waals surface area contributed by atoms with E-state index < -0.39 is 31.1 Å². The number of nitrogens with zero attached hydrogens (tertiary/aromatic N) is 5. The molecule has 11 heteroatoms. The molecule has 1 aromatic heterocycles. The number of fused-ring (bicyclic) bond motifs is 1. The monoisotopic (exact) mass is 307 g/mol. The maximum atomic E-state index is 10.1. The van der Waals surface area contributed by atoms with Gasteiger partial charge in [0.2, 0.25) is 5.88 Å². The van der Waals surface area contributed by atoms with Gasteiger partial charge in [-0.3, -0.25) is 0 Å². The average molecular weight is 307 g/mol. The van der Waals surface area contributed by atoms with Gasteiger partial charge >= 0.3 is 7.41 Å². The Labute approximate surface area is 126 Å². The topological polar surface area (TPSA) is 146 Å². The smallest absolute Gasteiger partial charge is 0.362 e. The van der Waals surface area contributed by atoms with Crippen molar-refractivity contribution in [2.24, 2.45) is 0 Å². The van der Waals surface area contributed by atoms with Crippen LogP contribution in [0.5, 0.6) is 5.88 Å². The summed E-state index contributed by atoms with van der Waals surface area (Å²) < 4.78 is 5.47. The molecule has 4 atom stereocenters. The van der Waals surface area contributed by atoms with Gasteiger partial charge in [0.15, 0.2) is 12.0 Å². The number of nitriles is 1. The highest BCUT2D eigenvalue weighted by molar-refractivity contribution is 6.51. The fraction of sp³-hybridized carbons (Fsp3) is 0.545. The third-order valence-electron chi connectivity index (χ3n) is 3.78. The van der Waals surface area contributed by atoms with E-state index in [2.05, 4.69) is 9.97 Å². The minimum absolute atomic E-state index is 0.0147. The predicted molar refractivity (Wildman–Crippen MR) is 74.0 cm³/mol. The van der Waals surface area contributed by atoms with E-state index in [9.17, 15) is 15.3 Å². The first-order chi connectivity index (χ1) is 10.6. The van der Waals surface area contributed by atoms with Gasteiger partial charge in [-0.05, 0) is 0 Å². The lowest BCUT2D eigenvalue weighted by molar-refractivity contribution is -0.0221. The van der Waals surface area contributed by atoms with E-state index in [0.29, 0.717) is 0 Å². The van der Waals surface area contributed by atoms with Crippen LogP contribution in [0.15, 0.2) is 6.33 Å². The van der Waals surface area contributed by atoms with Crippen LogP contribution < -0.4 is 9.71 Å². The molecule has 0 radical (unpaired) electrons. The van der Waals surface area contributed by atoms with E-state index in [0.717, 1.165) is 6.33 Å². The minimum atomic E-state index is -1.26. The fourth-order valence-corrected chi connectivity index (χ4v) is 2.73. The number of ether oxygens (including phenoxy) is 1. The Hall–Kier alpha value is -2.13. The van der Waals surface area contributed by atoms with Crippen LogP contribution in [-0.2, 0) is 4.74 Å². The van der Waals surface area contributed by atoms with Crippen LogP contribution in [0.2, 0.25) is 0 Å². The lowest BCUT2D eigenvalue weighted by Gasteiger charge is -2.27. The van der Waals surface area contributed by atoms with E-state index in [4.69, 9.17) is 15.1 Å². The second-order valence-electron chi connectivity index (χ2n) is 5.07. The second kappa shape index (κ2) is 5.58. The van der Waals surface area contributed by atoms with Crippen LogP contribution in [0.1, 0.15) is 0 Å². The lowest BCUT2D eigenvalue weighted by atomic mass is 9.95. The highest BCUT2D eigenvalue weighted by Crippen LogP contribution is 2.41. The summed E-state index contributed by atoms with van der Waals surface area (Å²) in [4.78, 5) is 10.8. The Morgan fingerprint density at radius 2 is 2.18 bits per heavy atom. The van der Waals surface area contributed by atoms with Crippen LogP contribution in [0, 0.1) is 11.2 Å². The van der Waals surface area contributed by atoms with Crippen molar-refractivity contribution in [2.45, 2.75) is 24.5 Å². The number of aliphatic hydroxyl groups excluding tert-OH is 3. The molecule has 3 heterocycles. The molecule has 0 aromatic carbocycles. The van der Waals surface area contributed by atoms with E-state index in [1.807, 2.05) is 5.97 Å². The number of aromatic nitrogens is 2. The van der Waals surface area contributed by atoms with Gasteiger partial charge in [0.25, 0.3) is 0 Å². The molecule has 2 aliphatic heterocycles. The van der Waals surface area contributed by atoms with Crippen LogP contribution >= 0.6 is 0 Å². The summed E-state index contributed by atoms with van der Waals surface area (Å²) in [7, 11) is -0.0147. The zero-order valence-corrected chi connectivity index (χ0v) is 11.4. The lowest BCUT2D eigenvalue weighted by Crippen LogP contribution is -2.46. The number of aromatic hydroxyl groups is 1. The third-order valence-corrected chi connectivity index (χ3v) is 3.78. The fourth-order valence-electron chi connectivity index (χ4n) is 2.73. The van der Waals surface area contributed by atoms with Gasteiger partial charge < -0.3 is 34.9 Å². The standard InChI is InChI=1S/C11H14BN5O5/c13-2-12-17-4-16(9-6(17)10(21)15-3-14-9)11-8(20)7(19)5(1-18)22-11/h3,5,7-8,11-12,18-20H,1,4H2,(H,14,15,21)/t5-,7-,8-,11-/m1/s1. The third kappa shape index (κ3) is 2.13. The first-order valence-corrected chi connectivity index (χ1v) is 6.63. The van der Waals surface area contributed by atoms with Crippen molar-refractivity contribution in [2.75, 3.05) is 23.0 Å². The largest absolute Gasteiger partial charge is 0.492 e. The van der Waals surface area contributed by atoms with Gasteiger partial charge in [0, 0.05) is 5.97 Å². The molecule has 2 aliphatic rings. The van der Waals surface area contributed by atoms with Gasteiger partial charge in [0.1, 0.15) is 30.3 Å². The highest BCUT2D eigenvalue weighted by atomic mass is 16.6. The Bertz CT molecular complexity index is 613. The summed E-state index contributed by atoms with van der Waals surface area (Å²) in [5.74, 6) is 1.98. The van der Waals surface area contributed by atoms with Crippen LogP contribution in [0.25, 0.3) is 0 Å². The zero-order chi connectivity index (χ0) is 15.9. The van der Waals surface area contributed by atoms with Crippen LogP contribution in [-0.4, -0.2) is 75.6 Å². The van der Waals surface area contributed by atoms with Gasteiger partial charge in [-0.25, -0.2) is 15.2 Å². The maximum absolute atomic E-state index is 10.1. The number of hydrogen-bond acceptors (Lipinski definition) is 10. The molecule has 1 aromatic rings. The van der Waals surface area contributed by atoms with Crippen molar-refractivity contribution in [3.63, 3.8) is 0 Å². The molecule has 116 valence electrons. The van der Waals surface area contributed by atoms with Crippen molar-refractivity contribution in [3.8, 4) is 11.8 Å². The Balaban J connectivity index is 1.94.